The number of rotatable bonds is 7. The van der Waals surface area contributed by atoms with E-state index in [0.717, 1.165) is 12.0 Å². The molecule has 25 heavy (non-hydrogen) atoms. The fraction of sp³-hybridized carbons (Fsp3) is 0.278. The molecule has 0 amide bonds. The zero-order valence-corrected chi connectivity index (χ0v) is 15.6. The maximum Gasteiger partial charge on any atom is 0.307 e. The van der Waals surface area contributed by atoms with E-state index < -0.39 is 22.0 Å². The quantitative estimate of drug-likeness (QED) is 0.745. The van der Waals surface area contributed by atoms with Crippen LogP contribution in [0.2, 0.25) is 5.02 Å². The third-order valence-corrected chi connectivity index (χ3v) is 5.55. The molecule has 2 aromatic carbocycles. The zero-order chi connectivity index (χ0) is 18.4. The number of methoxy groups -OCH3 is 1. The molecular weight excluding hydrogens is 362 g/mol. The monoisotopic (exact) mass is 381 g/mol. The van der Waals surface area contributed by atoms with Crippen LogP contribution in [-0.4, -0.2) is 21.5 Å². The summed E-state index contributed by atoms with van der Waals surface area (Å²) in [7, 11) is -2.52. The second-order valence-electron chi connectivity index (χ2n) is 5.50. The van der Waals surface area contributed by atoms with E-state index in [1.54, 1.807) is 48.5 Å². The lowest BCUT2D eigenvalue weighted by Gasteiger charge is -2.18. The van der Waals surface area contributed by atoms with Crippen molar-refractivity contribution in [2.75, 3.05) is 7.11 Å². The standard InChI is InChI=1S/C18H20ClNO4S/c1-3-13-4-10-16(11-5-13)25(22,23)20-17(12-18(21)24-2)14-6-8-15(19)9-7-14/h4-11,17,20H,3,12H2,1-2H3. The average molecular weight is 382 g/mol. The number of halogens is 1. The van der Waals surface area contributed by atoms with E-state index in [0.29, 0.717) is 10.6 Å². The first-order chi connectivity index (χ1) is 11.9. The molecule has 0 radical (unpaired) electrons. The Morgan fingerprint density at radius 3 is 2.24 bits per heavy atom. The molecule has 2 rings (SSSR count). The highest BCUT2D eigenvalue weighted by molar-refractivity contribution is 7.89. The summed E-state index contributed by atoms with van der Waals surface area (Å²) in [4.78, 5) is 11.8. The minimum Gasteiger partial charge on any atom is -0.469 e. The van der Waals surface area contributed by atoms with Crippen LogP contribution in [0.25, 0.3) is 0 Å². The topological polar surface area (TPSA) is 72.5 Å². The van der Waals surface area contributed by atoms with Gasteiger partial charge >= 0.3 is 5.97 Å². The van der Waals surface area contributed by atoms with Gasteiger partial charge in [-0.05, 0) is 41.8 Å². The summed E-state index contributed by atoms with van der Waals surface area (Å²) in [5, 5.41) is 0.526. The van der Waals surface area contributed by atoms with Crippen LogP contribution in [0.4, 0.5) is 0 Å². The second-order valence-corrected chi connectivity index (χ2v) is 7.65. The van der Waals surface area contributed by atoms with Gasteiger partial charge in [-0.2, -0.15) is 0 Å². The van der Waals surface area contributed by atoms with E-state index in [9.17, 15) is 13.2 Å². The molecule has 2 aromatic rings. The van der Waals surface area contributed by atoms with Crippen LogP contribution in [0.1, 0.15) is 30.5 Å². The molecule has 0 saturated heterocycles. The van der Waals surface area contributed by atoms with Gasteiger partial charge in [-0.3, -0.25) is 4.79 Å². The largest absolute Gasteiger partial charge is 0.469 e. The molecular formula is C18H20ClNO4S. The number of esters is 1. The Morgan fingerprint density at radius 1 is 1.12 bits per heavy atom. The molecule has 134 valence electrons. The third kappa shape index (κ3) is 5.29. The molecule has 0 aliphatic heterocycles. The molecule has 0 aromatic heterocycles. The lowest BCUT2D eigenvalue weighted by molar-refractivity contribution is -0.141. The zero-order valence-electron chi connectivity index (χ0n) is 14.0. The van der Waals surface area contributed by atoms with Crippen molar-refractivity contribution in [3.8, 4) is 0 Å². The Bertz CT molecular complexity index is 817. The van der Waals surface area contributed by atoms with E-state index in [4.69, 9.17) is 11.6 Å². The van der Waals surface area contributed by atoms with Gasteiger partial charge in [-0.1, -0.05) is 42.8 Å². The first kappa shape index (κ1) is 19.4. The summed E-state index contributed by atoms with van der Waals surface area (Å²) in [5.74, 6) is -0.510. The molecule has 0 bridgehead atoms. The number of nitrogens with one attached hydrogen (secondary N) is 1. The van der Waals surface area contributed by atoms with Crippen LogP contribution < -0.4 is 4.72 Å². The van der Waals surface area contributed by atoms with Crippen molar-refractivity contribution < 1.29 is 17.9 Å². The van der Waals surface area contributed by atoms with Crippen LogP contribution in [0.15, 0.2) is 53.4 Å². The van der Waals surface area contributed by atoms with Gasteiger partial charge in [-0.25, -0.2) is 13.1 Å². The number of hydrogen-bond acceptors (Lipinski definition) is 4. The van der Waals surface area contributed by atoms with Gasteiger partial charge in [-0.15, -0.1) is 0 Å². The fourth-order valence-corrected chi connectivity index (χ4v) is 3.68. The SMILES string of the molecule is CCc1ccc(S(=O)(=O)NC(CC(=O)OC)c2ccc(Cl)cc2)cc1. The van der Waals surface area contributed by atoms with Crippen LogP contribution >= 0.6 is 11.6 Å². The maximum atomic E-state index is 12.7. The summed E-state index contributed by atoms with van der Waals surface area (Å²) in [6.07, 6.45) is 0.702. The fourth-order valence-electron chi connectivity index (χ4n) is 2.33. The first-order valence-electron chi connectivity index (χ1n) is 7.79. The second kappa shape index (κ2) is 8.47. The van der Waals surface area contributed by atoms with E-state index in [1.165, 1.54) is 7.11 Å². The minimum atomic E-state index is -3.79. The van der Waals surface area contributed by atoms with Gasteiger partial charge in [0.1, 0.15) is 0 Å². The van der Waals surface area contributed by atoms with Crippen LogP contribution in [0, 0.1) is 0 Å². The van der Waals surface area contributed by atoms with Crippen molar-refractivity contribution in [1.82, 2.24) is 4.72 Å². The summed E-state index contributed by atoms with van der Waals surface area (Å²) < 4.78 is 32.6. The van der Waals surface area contributed by atoms with Gasteiger partial charge in [0, 0.05) is 5.02 Å². The molecule has 1 unspecified atom stereocenters. The van der Waals surface area contributed by atoms with E-state index in [-0.39, 0.29) is 11.3 Å². The normalized spacial score (nSPS) is 12.6. The Morgan fingerprint density at radius 2 is 1.72 bits per heavy atom. The Labute approximate surface area is 153 Å². The van der Waals surface area contributed by atoms with Gasteiger partial charge in [0.05, 0.1) is 24.5 Å². The first-order valence-corrected chi connectivity index (χ1v) is 9.65. The molecule has 0 aliphatic carbocycles. The lowest BCUT2D eigenvalue weighted by Crippen LogP contribution is -2.30. The van der Waals surface area contributed by atoms with Crippen molar-refractivity contribution in [3.63, 3.8) is 0 Å². The number of hydrogen-bond donors (Lipinski definition) is 1. The number of carbonyl (C=O) groups excluding carboxylic acids is 1. The summed E-state index contributed by atoms with van der Waals surface area (Å²) in [6.45, 7) is 1.99. The third-order valence-electron chi connectivity index (χ3n) is 3.81. The molecule has 5 nitrogen and oxygen atoms in total. The lowest BCUT2D eigenvalue weighted by atomic mass is 10.1. The predicted molar refractivity (Wildman–Crippen MR) is 97.0 cm³/mol. The van der Waals surface area contributed by atoms with E-state index >= 15 is 0 Å². The molecule has 0 saturated carbocycles. The van der Waals surface area contributed by atoms with Gasteiger partial charge in [0.15, 0.2) is 0 Å². The van der Waals surface area contributed by atoms with Crippen molar-refractivity contribution in [3.05, 3.63) is 64.7 Å². The summed E-state index contributed by atoms with van der Waals surface area (Å²) in [5.41, 5.74) is 1.67. The van der Waals surface area contributed by atoms with E-state index in [1.807, 2.05) is 6.92 Å². The number of carbonyl (C=O) groups is 1. The summed E-state index contributed by atoms with van der Waals surface area (Å²) >= 11 is 5.88. The molecule has 1 atom stereocenters. The molecule has 7 heteroatoms. The van der Waals surface area contributed by atoms with E-state index in [2.05, 4.69) is 9.46 Å². The number of benzene rings is 2. The Balaban J connectivity index is 2.30. The average Bonchev–Trinajstić information content (AvgIpc) is 2.61. The molecule has 1 N–H and O–H groups in total. The van der Waals surface area contributed by atoms with Crippen LogP contribution in [-0.2, 0) is 26.0 Å². The highest BCUT2D eigenvalue weighted by Crippen LogP contribution is 2.23. The van der Waals surface area contributed by atoms with Crippen molar-refractivity contribution >= 4 is 27.6 Å². The van der Waals surface area contributed by atoms with Crippen molar-refractivity contribution in [1.29, 1.82) is 0 Å². The van der Waals surface area contributed by atoms with Gasteiger partial charge < -0.3 is 4.74 Å². The van der Waals surface area contributed by atoms with Crippen molar-refractivity contribution in [2.24, 2.45) is 0 Å². The Kier molecular flexibility index (Phi) is 6.58. The van der Waals surface area contributed by atoms with Gasteiger partial charge in [0.25, 0.3) is 0 Å². The highest BCUT2D eigenvalue weighted by atomic mass is 35.5. The maximum absolute atomic E-state index is 12.7. The minimum absolute atomic E-state index is 0.121. The molecule has 0 heterocycles. The smallest absolute Gasteiger partial charge is 0.307 e. The predicted octanol–water partition coefficient (Wildman–Crippen LogP) is 3.49. The van der Waals surface area contributed by atoms with Crippen LogP contribution in [0.5, 0.6) is 0 Å². The van der Waals surface area contributed by atoms with Crippen LogP contribution in [0.3, 0.4) is 0 Å². The Hall–Kier alpha value is -1.89. The number of aryl methyl sites for hydroxylation is 1. The number of ether oxygens (including phenoxy) is 1. The molecule has 0 fully saturated rings. The van der Waals surface area contributed by atoms with Gasteiger partial charge in [0.2, 0.25) is 10.0 Å². The van der Waals surface area contributed by atoms with Crippen molar-refractivity contribution in [2.45, 2.75) is 30.7 Å². The summed E-state index contributed by atoms with van der Waals surface area (Å²) in [6, 6.07) is 12.5. The molecule has 0 aliphatic rings. The number of sulfonamides is 1. The highest BCUT2D eigenvalue weighted by Gasteiger charge is 2.24. The molecule has 0 spiro atoms.